The molecule has 1 aliphatic carbocycles. The molecule has 1 aromatic rings. The first kappa shape index (κ1) is 12.4. The standard InChI is InChI=1S/C14H20FNO/c1-17-14-6-4-11-3-5-13(9-12(11)10-14)16-8-2-7-15/h4,6,10,13,16H,2-3,5,7-9H2,1H3/t13-/m0/s1. The van der Waals surface area contributed by atoms with Crippen molar-refractivity contribution >= 4 is 0 Å². The molecule has 0 unspecified atom stereocenters. The van der Waals surface area contributed by atoms with E-state index in [2.05, 4.69) is 17.4 Å². The number of benzene rings is 1. The van der Waals surface area contributed by atoms with Gasteiger partial charge in [-0.15, -0.1) is 0 Å². The Morgan fingerprint density at radius 1 is 1.41 bits per heavy atom. The van der Waals surface area contributed by atoms with Crippen LogP contribution in [0.4, 0.5) is 4.39 Å². The number of hydrogen-bond acceptors (Lipinski definition) is 2. The highest BCUT2D eigenvalue weighted by Gasteiger charge is 2.18. The van der Waals surface area contributed by atoms with Crippen LogP contribution < -0.4 is 10.1 Å². The fourth-order valence-electron chi connectivity index (χ4n) is 2.41. The Balaban J connectivity index is 1.96. The Hall–Kier alpha value is -1.09. The van der Waals surface area contributed by atoms with Gasteiger partial charge in [0.15, 0.2) is 0 Å². The van der Waals surface area contributed by atoms with Gasteiger partial charge in [-0.05, 0) is 55.5 Å². The van der Waals surface area contributed by atoms with E-state index in [0.717, 1.165) is 31.6 Å². The first-order chi connectivity index (χ1) is 8.33. The maximum Gasteiger partial charge on any atom is 0.119 e. The minimum absolute atomic E-state index is 0.232. The highest BCUT2D eigenvalue weighted by Crippen LogP contribution is 2.25. The number of rotatable bonds is 5. The highest BCUT2D eigenvalue weighted by molar-refractivity contribution is 5.37. The molecule has 2 rings (SSSR count). The number of hydrogen-bond donors (Lipinski definition) is 1. The molecule has 0 saturated carbocycles. The molecule has 0 radical (unpaired) electrons. The number of aryl methyl sites for hydroxylation is 1. The third-order valence-corrected chi connectivity index (χ3v) is 3.39. The summed E-state index contributed by atoms with van der Waals surface area (Å²) < 4.78 is 17.3. The van der Waals surface area contributed by atoms with Crippen molar-refractivity contribution in [1.29, 1.82) is 0 Å². The maximum absolute atomic E-state index is 12.0. The summed E-state index contributed by atoms with van der Waals surface area (Å²) in [5.74, 6) is 0.924. The van der Waals surface area contributed by atoms with Gasteiger partial charge in [0.25, 0.3) is 0 Å². The Morgan fingerprint density at radius 2 is 2.29 bits per heavy atom. The van der Waals surface area contributed by atoms with Crippen molar-refractivity contribution in [2.24, 2.45) is 0 Å². The lowest BCUT2D eigenvalue weighted by Crippen LogP contribution is -2.35. The molecule has 0 spiro atoms. The predicted octanol–water partition coefficient (Wildman–Crippen LogP) is 2.50. The summed E-state index contributed by atoms with van der Waals surface area (Å²) in [6, 6.07) is 6.79. The second kappa shape index (κ2) is 6.01. The summed E-state index contributed by atoms with van der Waals surface area (Å²) >= 11 is 0. The van der Waals surface area contributed by atoms with E-state index in [1.54, 1.807) is 7.11 Å². The Morgan fingerprint density at radius 3 is 3.06 bits per heavy atom. The fourth-order valence-corrected chi connectivity index (χ4v) is 2.41. The average Bonchev–Trinajstić information content (AvgIpc) is 2.38. The van der Waals surface area contributed by atoms with Crippen LogP contribution in [0, 0.1) is 0 Å². The molecule has 1 atom stereocenters. The van der Waals surface area contributed by atoms with E-state index in [-0.39, 0.29) is 6.67 Å². The van der Waals surface area contributed by atoms with Crippen LogP contribution in [0.3, 0.4) is 0 Å². The molecular weight excluding hydrogens is 217 g/mol. The SMILES string of the molecule is COc1ccc2c(c1)C[C@@H](NCCCF)CC2. The van der Waals surface area contributed by atoms with Gasteiger partial charge in [-0.25, -0.2) is 0 Å². The van der Waals surface area contributed by atoms with Gasteiger partial charge in [0.2, 0.25) is 0 Å². The minimum atomic E-state index is -0.232. The van der Waals surface area contributed by atoms with Crippen molar-refractivity contribution in [2.45, 2.75) is 31.7 Å². The second-order valence-electron chi connectivity index (χ2n) is 4.57. The van der Waals surface area contributed by atoms with Crippen LogP contribution in [0.2, 0.25) is 0 Å². The lowest BCUT2D eigenvalue weighted by Gasteiger charge is -2.25. The third-order valence-electron chi connectivity index (χ3n) is 3.39. The number of ether oxygens (including phenoxy) is 1. The average molecular weight is 237 g/mol. The molecule has 3 heteroatoms. The molecule has 1 aliphatic rings. The first-order valence-electron chi connectivity index (χ1n) is 6.28. The molecule has 0 amide bonds. The summed E-state index contributed by atoms with van der Waals surface area (Å²) in [6.45, 7) is 0.546. The molecule has 0 saturated heterocycles. The topological polar surface area (TPSA) is 21.3 Å². The number of methoxy groups -OCH3 is 1. The predicted molar refractivity (Wildman–Crippen MR) is 67.4 cm³/mol. The van der Waals surface area contributed by atoms with E-state index in [4.69, 9.17) is 4.74 Å². The minimum Gasteiger partial charge on any atom is -0.497 e. The zero-order valence-corrected chi connectivity index (χ0v) is 10.3. The molecule has 0 fully saturated rings. The van der Waals surface area contributed by atoms with Crippen molar-refractivity contribution < 1.29 is 9.13 Å². The Kier molecular flexibility index (Phi) is 4.37. The van der Waals surface area contributed by atoms with Gasteiger partial charge in [0.05, 0.1) is 13.8 Å². The van der Waals surface area contributed by atoms with Crippen molar-refractivity contribution in [3.63, 3.8) is 0 Å². The highest BCUT2D eigenvalue weighted by atomic mass is 19.1. The third kappa shape index (κ3) is 3.19. The van der Waals surface area contributed by atoms with Gasteiger partial charge in [-0.2, -0.15) is 0 Å². The number of halogens is 1. The Bertz CT molecular complexity index is 367. The molecule has 1 N–H and O–H groups in total. The van der Waals surface area contributed by atoms with Gasteiger partial charge >= 0.3 is 0 Å². The zero-order chi connectivity index (χ0) is 12.1. The quantitative estimate of drug-likeness (QED) is 0.794. The van der Waals surface area contributed by atoms with Crippen molar-refractivity contribution in [1.82, 2.24) is 5.32 Å². The molecule has 2 nitrogen and oxygen atoms in total. The van der Waals surface area contributed by atoms with E-state index in [0.29, 0.717) is 12.5 Å². The van der Waals surface area contributed by atoms with Crippen molar-refractivity contribution in [3.05, 3.63) is 29.3 Å². The molecule has 0 heterocycles. The van der Waals surface area contributed by atoms with Gasteiger partial charge in [-0.1, -0.05) is 6.07 Å². The largest absolute Gasteiger partial charge is 0.497 e. The Labute approximate surface area is 102 Å². The summed E-state index contributed by atoms with van der Waals surface area (Å²) in [5.41, 5.74) is 2.79. The molecule has 1 aromatic carbocycles. The van der Waals surface area contributed by atoms with E-state index < -0.39 is 0 Å². The molecule has 0 bridgehead atoms. The van der Waals surface area contributed by atoms with Gasteiger partial charge in [-0.3, -0.25) is 4.39 Å². The lowest BCUT2D eigenvalue weighted by atomic mass is 9.88. The monoisotopic (exact) mass is 237 g/mol. The van der Waals surface area contributed by atoms with Crippen LogP contribution in [-0.4, -0.2) is 26.4 Å². The summed E-state index contributed by atoms with van der Waals surface area (Å²) in [6.07, 6.45) is 3.89. The number of nitrogens with one attached hydrogen (secondary N) is 1. The molecule has 0 aromatic heterocycles. The van der Waals surface area contributed by atoms with Gasteiger partial charge in [0, 0.05) is 6.04 Å². The molecular formula is C14H20FNO. The summed E-state index contributed by atoms with van der Waals surface area (Å²) in [4.78, 5) is 0. The zero-order valence-electron chi connectivity index (χ0n) is 10.3. The number of alkyl halides is 1. The van der Waals surface area contributed by atoms with Crippen LogP contribution in [0.25, 0.3) is 0 Å². The van der Waals surface area contributed by atoms with Gasteiger partial charge < -0.3 is 10.1 Å². The van der Waals surface area contributed by atoms with Crippen LogP contribution in [0.5, 0.6) is 5.75 Å². The van der Waals surface area contributed by atoms with Crippen LogP contribution in [-0.2, 0) is 12.8 Å². The summed E-state index contributed by atoms with van der Waals surface area (Å²) in [5, 5.41) is 3.42. The van der Waals surface area contributed by atoms with Gasteiger partial charge in [0.1, 0.15) is 5.75 Å². The van der Waals surface area contributed by atoms with E-state index in [1.807, 2.05) is 6.07 Å². The molecule has 0 aliphatic heterocycles. The van der Waals surface area contributed by atoms with Crippen LogP contribution in [0.15, 0.2) is 18.2 Å². The second-order valence-corrected chi connectivity index (χ2v) is 4.57. The van der Waals surface area contributed by atoms with E-state index >= 15 is 0 Å². The number of fused-ring (bicyclic) bond motifs is 1. The van der Waals surface area contributed by atoms with E-state index in [1.165, 1.54) is 11.1 Å². The molecule has 17 heavy (non-hydrogen) atoms. The maximum atomic E-state index is 12.0. The van der Waals surface area contributed by atoms with Crippen molar-refractivity contribution in [2.75, 3.05) is 20.3 Å². The smallest absolute Gasteiger partial charge is 0.119 e. The first-order valence-corrected chi connectivity index (χ1v) is 6.28. The lowest BCUT2D eigenvalue weighted by molar-refractivity contribution is 0.405. The summed E-state index contributed by atoms with van der Waals surface area (Å²) in [7, 11) is 1.70. The fraction of sp³-hybridized carbons (Fsp3) is 0.571. The normalized spacial score (nSPS) is 18.8. The van der Waals surface area contributed by atoms with Crippen LogP contribution >= 0.6 is 0 Å². The van der Waals surface area contributed by atoms with E-state index in [9.17, 15) is 4.39 Å². The van der Waals surface area contributed by atoms with Crippen molar-refractivity contribution in [3.8, 4) is 5.75 Å². The van der Waals surface area contributed by atoms with Crippen LogP contribution in [0.1, 0.15) is 24.0 Å². The molecule has 94 valence electrons.